The maximum absolute atomic E-state index is 11.8. The molecule has 1 aromatic heterocycles. The lowest BCUT2D eigenvalue weighted by atomic mass is 10.1. The first kappa shape index (κ1) is 11.5. The van der Waals surface area contributed by atoms with Crippen molar-refractivity contribution in [2.24, 2.45) is 0 Å². The molecule has 0 amide bonds. The molecule has 0 unspecified atom stereocenters. The molecule has 2 aromatic rings. The van der Waals surface area contributed by atoms with Crippen LogP contribution in [0.5, 0.6) is 0 Å². The van der Waals surface area contributed by atoms with Gasteiger partial charge in [-0.1, -0.05) is 23.8 Å². The second-order valence-corrected chi connectivity index (χ2v) is 4.13. The summed E-state index contributed by atoms with van der Waals surface area (Å²) in [6.45, 7) is 4.63. The van der Waals surface area contributed by atoms with E-state index in [2.05, 4.69) is 6.07 Å². The number of nitrogen functional groups attached to an aromatic ring is 1. The highest BCUT2D eigenvalue weighted by atomic mass is 16.1. The van der Waals surface area contributed by atoms with Gasteiger partial charge in [-0.05, 0) is 31.5 Å². The SMILES string of the molecule is CCn1c(-c2cccc(C)c2)cc(N)cc1=O. The Morgan fingerprint density at radius 3 is 2.65 bits per heavy atom. The van der Waals surface area contributed by atoms with Crippen LogP contribution in [0, 0.1) is 6.92 Å². The number of aromatic nitrogens is 1. The van der Waals surface area contributed by atoms with Crippen molar-refractivity contribution < 1.29 is 0 Å². The minimum absolute atomic E-state index is 0.0518. The summed E-state index contributed by atoms with van der Waals surface area (Å²) in [4.78, 5) is 11.8. The lowest BCUT2D eigenvalue weighted by Gasteiger charge is -2.12. The Morgan fingerprint density at radius 1 is 1.24 bits per heavy atom. The van der Waals surface area contributed by atoms with Crippen molar-refractivity contribution in [3.8, 4) is 11.3 Å². The molecule has 0 fully saturated rings. The number of anilines is 1. The van der Waals surface area contributed by atoms with Crippen LogP contribution in [-0.2, 0) is 6.54 Å². The number of pyridine rings is 1. The number of nitrogens with two attached hydrogens (primary N) is 1. The van der Waals surface area contributed by atoms with E-state index in [0.717, 1.165) is 11.3 Å². The molecule has 3 heteroatoms. The van der Waals surface area contributed by atoms with Crippen LogP contribution in [0.1, 0.15) is 12.5 Å². The predicted octanol–water partition coefficient (Wildman–Crippen LogP) is 2.43. The second-order valence-electron chi connectivity index (χ2n) is 4.13. The lowest BCUT2D eigenvalue weighted by molar-refractivity contribution is 0.736. The molecule has 0 aliphatic carbocycles. The highest BCUT2D eigenvalue weighted by Crippen LogP contribution is 2.21. The Labute approximate surface area is 101 Å². The van der Waals surface area contributed by atoms with Crippen molar-refractivity contribution in [1.29, 1.82) is 0 Å². The number of nitrogens with zero attached hydrogens (tertiary/aromatic N) is 1. The van der Waals surface area contributed by atoms with Gasteiger partial charge in [0.25, 0.3) is 5.56 Å². The van der Waals surface area contributed by atoms with Crippen LogP contribution in [0.3, 0.4) is 0 Å². The van der Waals surface area contributed by atoms with E-state index in [1.165, 1.54) is 11.6 Å². The van der Waals surface area contributed by atoms with Crippen LogP contribution in [0.15, 0.2) is 41.2 Å². The molecule has 0 aliphatic heterocycles. The van der Waals surface area contributed by atoms with Gasteiger partial charge in [0, 0.05) is 18.3 Å². The zero-order valence-corrected chi connectivity index (χ0v) is 10.1. The second kappa shape index (κ2) is 4.45. The maximum Gasteiger partial charge on any atom is 0.253 e. The minimum atomic E-state index is -0.0518. The molecule has 88 valence electrons. The molecule has 1 aromatic carbocycles. The van der Waals surface area contributed by atoms with Crippen molar-refractivity contribution >= 4 is 5.69 Å². The molecule has 3 nitrogen and oxygen atoms in total. The zero-order chi connectivity index (χ0) is 12.4. The van der Waals surface area contributed by atoms with Gasteiger partial charge >= 0.3 is 0 Å². The van der Waals surface area contributed by atoms with Gasteiger partial charge in [0.15, 0.2) is 0 Å². The van der Waals surface area contributed by atoms with Crippen LogP contribution in [0.2, 0.25) is 0 Å². The Kier molecular flexibility index (Phi) is 3.00. The number of benzene rings is 1. The first-order chi connectivity index (χ1) is 8.11. The van der Waals surface area contributed by atoms with Gasteiger partial charge in [-0.25, -0.2) is 0 Å². The molecular formula is C14H16N2O. The Morgan fingerprint density at radius 2 is 2.00 bits per heavy atom. The summed E-state index contributed by atoms with van der Waals surface area (Å²) < 4.78 is 1.73. The maximum atomic E-state index is 11.8. The van der Waals surface area contributed by atoms with Gasteiger partial charge in [-0.2, -0.15) is 0 Å². The molecule has 2 N–H and O–H groups in total. The highest BCUT2D eigenvalue weighted by Gasteiger charge is 2.06. The molecule has 0 bridgehead atoms. The van der Waals surface area contributed by atoms with Crippen molar-refractivity contribution in [1.82, 2.24) is 4.57 Å². The summed E-state index contributed by atoms with van der Waals surface area (Å²) in [5.41, 5.74) is 9.27. The van der Waals surface area contributed by atoms with Crippen molar-refractivity contribution in [3.05, 3.63) is 52.3 Å². The molecule has 0 spiro atoms. The average Bonchev–Trinajstić information content (AvgIpc) is 2.28. The first-order valence-corrected chi connectivity index (χ1v) is 5.69. The van der Waals surface area contributed by atoms with Gasteiger partial charge in [0.1, 0.15) is 0 Å². The fourth-order valence-electron chi connectivity index (χ4n) is 1.99. The highest BCUT2D eigenvalue weighted by molar-refractivity contribution is 5.64. The smallest absolute Gasteiger partial charge is 0.253 e. The van der Waals surface area contributed by atoms with Crippen molar-refractivity contribution in [3.63, 3.8) is 0 Å². The Bertz CT molecular complexity index is 599. The van der Waals surface area contributed by atoms with Gasteiger partial charge in [-0.15, -0.1) is 0 Å². The zero-order valence-electron chi connectivity index (χ0n) is 10.1. The van der Waals surface area contributed by atoms with Crippen LogP contribution in [0.4, 0.5) is 5.69 Å². The van der Waals surface area contributed by atoms with E-state index in [0.29, 0.717) is 12.2 Å². The number of hydrogen-bond donors (Lipinski definition) is 1. The molecule has 0 radical (unpaired) electrons. The average molecular weight is 228 g/mol. The van der Waals surface area contributed by atoms with Gasteiger partial charge in [0.05, 0.1) is 5.69 Å². The summed E-state index contributed by atoms with van der Waals surface area (Å²) in [6.07, 6.45) is 0. The summed E-state index contributed by atoms with van der Waals surface area (Å²) in [6, 6.07) is 11.4. The Balaban J connectivity index is 2.70. The predicted molar refractivity (Wildman–Crippen MR) is 71.0 cm³/mol. The first-order valence-electron chi connectivity index (χ1n) is 5.69. The van der Waals surface area contributed by atoms with Gasteiger partial charge in [-0.3, -0.25) is 4.79 Å². The molecule has 1 heterocycles. The fourth-order valence-corrected chi connectivity index (χ4v) is 1.99. The van der Waals surface area contributed by atoms with Crippen LogP contribution in [0.25, 0.3) is 11.3 Å². The summed E-state index contributed by atoms with van der Waals surface area (Å²) in [7, 11) is 0. The number of hydrogen-bond acceptors (Lipinski definition) is 2. The summed E-state index contributed by atoms with van der Waals surface area (Å²) in [5.74, 6) is 0. The van der Waals surface area contributed by atoms with E-state index < -0.39 is 0 Å². The fraction of sp³-hybridized carbons (Fsp3) is 0.214. The molecule has 17 heavy (non-hydrogen) atoms. The normalized spacial score (nSPS) is 10.5. The Hall–Kier alpha value is -2.03. The molecule has 0 saturated carbocycles. The van der Waals surface area contributed by atoms with Crippen molar-refractivity contribution in [2.75, 3.05) is 5.73 Å². The van der Waals surface area contributed by atoms with Crippen LogP contribution >= 0.6 is 0 Å². The summed E-state index contributed by atoms with van der Waals surface area (Å²) >= 11 is 0. The molecule has 2 rings (SSSR count). The molecule has 0 aliphatic rings. The van der Waals surface area contributed by atoms with Crippen LogP contribution in [-0.4, -0.2) is 4.57 Å². The third kappa shape index (κ3) is 2.23. The third-order valence-electron chi connectivity index (χ3n) is 2.78. The topological polar surface area (TPSA) is 48.0 Å². The summed E-state index contributed by atoms with van der Waals surface area (Å²) in [5, 5.41) is 0. The molecule has 0 saturated heterocycles. The van der Waals surface area contributed by atoms with Gasteiger partial charge in [0.2, 0.25) is 0 Å². The number of aryl methyl sites for hydroxylation is 1. The van der Waals surface area contributed by atoms with Crippen molar-refractivity contribution in [2.45, 2.75) is 20.4 Å². The largest absolute Gasteiger partial charge is 0.399 e. The van der Waals surface area contributed by atoms with E-state index in [-0.39, 0.29) is 5.56 Å². The third-order valence-corrected chi connectivity index (χ3v) is 2.78. The monoisotopic (exact) mass is 228 g/mol. The van der Waals surface area contributed by atoms with E-state index >= 15 is 0 Å². The molecular weight excluding hydrogens is 212 g/mol. The van der Waals surface area contributed by atoms with E-state index in [1.807, 2.05) is 38.1 Å². The van der Waals surface area contributed by atoms with Gasteiger partial charge < -0.3 is 10.3 Å². The number of rotatable bonds is 2. The van der Waals surface area contributed by atoms with E-state index in [1.54, 1.807) is 4.57 Å². The van der Waals surface area contributed by atoms with Crippen LogP contribution < -0.4 is 11.3 Å². The lowest BCUT2D eigenvalue weighted by Crippen LogP contribution is -2.20. The molecule has 0 atom stereocenters. The standard InChI is InChI=1S/C14H16N2O/c1-3-16-13(8-12(15)9-14(16)17)11-6-4-5-10(2)7-11/h4-9H,3,15H2,1-2H3. The quantitative estimate of drug-likeness (QED) is 0.858. The van der Waals surface area contributed by atoms with E-state index in [9.17, 15) is 4.79 Å². The van der Waals surface area contributed by atoms with E-state index in [4.69, 9.17) is 5.73 Å². The minimum Gasteiger partial charge on any atom is -0.399 e.